The summed E-state index contributed by atoms with van der Waals surface area (Å²) in [6, 6.07) is 4.01. The van der Waals surface area contributed by atoms with E-state index < -0.39 is 0 Å². The summed E-state index contributed by atoms with van der Waals surface area (Å²) in [5.74, 6) is 0.251. The van der Waals surface area contributed by atoms with Gasteiger partial charge in [-0.05, 0) is 25.0 Å². The van der Waals surface area contributed by atoms with E-state index in [1.54, 1.807) is 12.3 Å². The lowest BCUT2D eigenvalue weighted by molar-refractivity contribution is -0.135. The lowest BCUT2D eigenvalue weighted by atomic mass is 9.97. The molecule has 96 valence electrons. The maximum Gasteiger partial charge on any atom is 0.270 e. The number of aromatic amines is 1. The number of hydrogen-bond acceptors (Lipinski definition) is 2. The molecule has 3 heterocycles. The molecule has 2 fully saturated rings. The Balaban J connectivity index is 1.80. The van der Waals surface area contributed by atoms with E-state index in [2.05, 4.69) is 4.98 Å². The predicted octanol–water partition coefficient (Wildman–Crippen LogP) is 0.850. The summed E-state index contributed by atoms with van der Waals surface area (Å²) in [5.41, 5.74) is 0.634. The highest BCUT2D eigenvalue weighted by molar-refractivity contribution is 5.93. The minimum absolute atomic E-state index is 0.0512. The van der Waals surface area contributed by atoms with Crippen molar-refractivity contribution in [2.45, 2.75) is 31.3 Å². The van der Waals surface area contributed by atoms with E-state index in [0.717, 1.165) is 19.4 Å². The molecule has 0 spiro atoms. The highest BCUT2D eigenvalue weighted by Gasteiger charge is 2.43. The van der Waals surface area contributed by atoms with E-state index in [-0.39, 0.29) is 23.9 Å². The number of likely N-dealkylation sites (N-methyl/N-ethyl adjacent to an activating group) is 1. The summed E-state index contributed by atoms with van der Waals surface area (Å²) in [6.45, 7) is 0.741. The minimum atomic E-state index is 0.0512. The number of nitrogens with one attached hydrogen (secondary N) is 1. The number of nitrogens with zero attached hydrogens (tertiary/aromatic N) is 2. The molecule has 1 aromatic rings. The largest absolute Gasteiger partial charge is 0.357 e. The van der Waals surface area contributed by atoms with Gasteiger partial charge in [-0.3, -0.25) is 9.59 Å². The summed E-state index contributed by atoms with van der Waals surface area (Å²) in [5, 5.41) is 0. The number of piperidine rings is 1. The van der Waals surface area contributed by atoms with E-state index in [0.29, 0.717) is 12.1 Å². The van der Waals surface area contributed by atoms with Crippen molar-refractivity contribution in [3.05, 3.63) is 24.0 Å². The first-order valence-corrected chi connectivity index (χ1v) is 6.38. The zero-order chi connectivity index (χ0) is 12.7. The van der Waals surface area contributed by atoms with Crippen molar-refractivity contribution >= 4 is 11.8 Å². The highest BCUT2D eigenvalue weighted by atomic mass is 16.2. The van der Waals surface area contributed by atoms with E-state index in [1.807, 2.05) is 22.9 Å². The Morgan fingerprint density at radius 2 is 2.22 bits per heavy atom. The monoisotopic (exact) mass is 247 g/mol. The Bertz CT molecular complexity index is 469. The average Bonchev–Trinajstić information content (AvgIpc) is 3.01. The maximum absolute atomic E-state index is 12.3. The molecule has 2 amide bonds. The number of hydrogen-bond donors (Lipinski definition) is 1. The minimum Gasteiger partial charge on any atom is -0.357 e. The van der Waals surface area contributed by atoms with Gasteiger partial charge in [0.1, 0.15) is 5.69 Å². The first-order chi connectivity index (χ1) is 8.68. The van der Waals surface area contributed by atoms with Gasteiger partial charge < -0.3 is 14.8 Å². The third kappa shape index (κ3) is 1.62. The van der Waals surface area contributed by atoms with Crippen molar-refractivity contribution in [1.82, 2.24) is 14.8 Å². The van der Waals surface area contributed by atoms with E-state index in [4.69, 9.17) is 0 Å². The maximum atomic E-state index is 12.3. The number of carbonyl (C=O) groups is 2. The van der Waals surface area contributed by atoms with Gasteiger partial charge in [-0.2, -0.15) is 0 Å². The molecule has 0 aliphatic carbocycles. The molecule has 18 heavy (non-hydrogen) atoms. The van der Waals surface area contributed by atoms with Crippen molar-refractivity contribution in [3.63, 3.8) is 0 Å². The molecule has 1 N–H and O–H groups in total. The lowest BCUT2D eigenvalue weighted by Gasteiger charge is -2.37. The van der Waals surface area contributed by atoms with Gasteiger partial charge in [-0.1, -0.05) is 0 Å². The Hall–Kier alpha value is -1.78. The summed E-state index contributed by atoms with van der Waals surface area (Å²) >= 11 is 0. The number of fused-ring (bicyclic) bond motifs is 1. The van der Waals surface area contributed by atoms with Crippen molar-refractivity contribution in [2.24, 2.45) is 0 Å². The molecule has 2 saturated heterocycles. The molecule has 5 nitrogen and oxygen atoms in total. The van der Waals surface area contributed by atoms with Gasteiger partial charge >= 0.3 is 0 Å². The molecular weight excluding hydrogens is 230 g/mol. The van der Waals surface area contributed by atoms with Crippen molar-refractivity contribution < 1.29 is 9.59 Å². The second-order valence-corrected chi connectivity index (χ2v) is 5.05. The normalized spacial score (nSPS) is 27.5. The van der Waals surface area contributed by atoms with Gasteiger partial charge in [0, 0.05) is 26.2 Å². The Morgan fingerprint density at radius 3 is 2.94 bits per heavy atom. The van der Waals surface area contributed by atoms with Gasteiger partial charge in [0.05, 0.1) is 12.1 Å². The van der Waals surface area contributed by atoms with Crippen LogP contribution in [0.25, 0.3) is 0 Å². The van der Waals surface area contributed by atoms with Gasteiger partial charge in [-0.15, -0.1) is 0 Å². The molecule has 2 atom stereocenters. The first-order valence-electron chi connectivity index (χ1n) is 6.38. The molecule has 3 rings (SSSR count). The number of rotatable bonds is 1. The van der Waals surface area contributed by atoms with Crippen LogP contribution < -0.4 is 0 Å². The van der Waals surface area contributed by atoms with E-state index in [1.165, 1.54) is 0 Å². The number of likely N-dealkylation sites (tertiary alicyclic amines) is 2. The van der Waals surface area contributed by atoms with Crippen LogP contribution in [0.5, 0.6) is 0 Å². The summed E-state index contributed by atoms with van der Waals surface area (Å²) in [6.07, 6.45) is 3.99. The van der Waals surface area contributed by atoms with Gasteiger partial charge in [-0.25, -0.2) is 0 Å². The number of amides is 2. The zero-order valence-electron chi connectivity index (χ0n) is 10.4. The SMILES string of the molecule is CN1C(=O)CC[C@@H]2[C@H]1CCN2C(=O)c1ccc[nH]1. The van der Waals surface area contributed by atoms with Crippen molar-refractivity contribution in [3.8, 4) is 0 Å². The third-order valence-corrected chi connectivity index (χ3v) is 4.14. The zero-order valence-corrected chi connectivity index (χ0v) is 10.4. The van der Waals surface area contributed by atoms with E-state index in [9.17, 15) is 9.59 Å². The Kier molecular flexibility index (Phi) is 2.61. The average molecular weight is 247 g/mol. The number of H-pyrrole nitrogens is 1. The molecule has 0 bridgehead atoms. The lowest BCUT2D eigenvalue weighted by Crippen LogP contribution is -2.51. The van der Waals surface area contributed by atoms with Crippen LogP contribution >= 0.6 is 0 Å². The molecule has 5 heteroatoms. The molecule has 2 aliphatic rings. The predicted molar refractivity (Wildman–Crippen MR) is 66.0 cm³/mol. The second kappa shape index (κ2) is 4.15. The van der Waals surface area contributed by atoms with Crippen LogP contribution in [-0.2, 0) is 4.79 Å². The van der Waals surface area contributed by atoms with Crippen LogP contribution in [0.1, 0.15) is 29.8 Å². The molecule has 0 saturated carbocycles. The van der Waals surface area contributed by atoms with Crippen LogP contribution in [0.3, 0.4) is 0 Å². The van der Waals surface area contributed by atoms with Crippen LogP contribution in [0.15, 0.2) is 18.3 Å². The topological polar surface area (TPSA) is 56.4 Å². The van der Waals surface area contributed by atoms with Crippen molar-refractivity contribution in [2.75, 3.05) is 13.6 Å². The molecule has 2 aliphatic heterocycles. The molecule has 0 unspecified atom stereocenters. The highest BCUT2D eigenvalue weighted by Crippen LogP contribution is 2.31. The molecule has 1 aromatic heterocycles. The number of aromatic nitrogens is 1. The molecular formula is C13H17N3O2. The fourth-order valence-corrected chi connectivity index (χ4v) is 3.14. The van der Waals surface area contributed by atoms with Crippen LogP contribution in [0.4, 0.5) is 0 Å². The number of carbonyl (C=O) groups excluding carboxylic acids is 2. The van der Waals surface area contributed by atoms with E-state index >= 15 is 0 Å². The summed E-state index contributed by atoms with van der Waals surface area (Å²) < 4.78 is 0. The summed E-state index contributed by atoms with van der Waals surface area (Å²) in [7, 11) is 1.85. The smallest absolute Gasteiger partial charge is 0.270 e. The van der Waals surface area contributed by atoms with Gasteiger partial charge in [0.25, 0.3) is 5.91 Å². The fourth-order valence-electron chi connectivity index (χ4n) is 3.14. The van der Waals surface area contributed by atoms with Gasteiger partial charge in [0.15, 0.2) is 0 Å². The second-order valence-electron chi connectivity index (χ2n) is 5.05. The molecule has 0 aromatic carbocycles. The standard InChI is InChI=1S/C13H17N3O2/c1-15-10-6-8-16(11(10)4-5-12(15)17)13(18)9-3-2-7-14-9/h2-3,7,10-11,14H,4-6,8H2,1H3/t10-,11-/m1/s1. The van der Waals surface area contributed by atoms with Crippen LogP contribution in [0, 0.1) is 0 Å². The van der Waals surface area contributed by atoms with Crippen LogP contribution in [0.2, 0.25) is 0 Å². The van der Waals surface area contributed by atoms with Crippen molar-refractivity contribution in [1.29, 1.82) is 0 Å². The Labute approximate surface area is 106 Å². The molecule has 0 radical (unpaired) electrons. The van der Waals surface area contributed by atoms with Crippen LogP contribution in [-0.4, -0.2) is 52.3 Å². The van der Waals surface area contributed by atoms with Gasteiger partial charge in [0.2, 0.25) is 5.91 Å². The third-order valence-electron chi connectivity index (χ3n) is 4.14. The first kappa shape index (κ1) is 11.3. The summed E-state index contributed by atoms with van der Waals surface area (Å²) in [4.78, 5) is 30.7. The fraction of sp³-hybridized carbons (Fsp3) is 0.538. The Morgan fingerprint density at radius 1 is 1.39 bits per heavy atom. The quantitative estimate of drug-likeness (QED) is 0.800.